The van der Waals surface area contributed by atoms with Crippen molar-refractivity contribution < 1.29 is 14.6 Å². The molecule has 0 saturated heterocycles. The van der Waals surface area contributed by atoms with Gasteiger partial charge in [0.05, 0.1) is 24.0 Å². The molecule has 0 spiro atoms. The van der Waals surface area contributed by atoms with Gasteiger partial charge in [-0.2, -0.15) is 0 Å². The molecule has 0 aromatic heterocycles. The zero-order valence-corrected chi connectivity index (χ0v) is 11.8. The van der Waals surface area contributed by atoms with E-state index in [0.717, 1.165) is 17.7 Å². The third kappa shape index (κ3) is 3.66. The highest BCUT2D eigenvalue weighted by molar-refractivity contribution is 5.97. The highest BCUT2D eigenvalue weighted by Gasteiger charge is 2.10. The number of benzene rings is 2. The Labute approximate surface area is 123 Å². The Balaban J connectivity index is 1.97. The van der Waals surface area contributed by atoms with Gasteiger partial charge >= 0.3 is 5.97 Å². The van der Waals surface area contributed by atoms with Gasteiger partial charge in [-0.3, -0.25) is 0 Å². The fraction of sp³-hybridized carbons (Fsp3) is 0.188. The Morgan fingerprint density at radius 3 is 2.57 bits per heavy atom. The smallest absolute Gasteiger partial charge is 0.337 e. The molecule has 21 heavy (non-hydrogen) atoms. The van der Waals surface area contributed by atoms with Crippen LogP contribution in [0.1, 0.15) is 15.9 Å². The molecule has 2 aromatic rings. The molecule has 0 radical (unpaired) electrons. The van der Waals surface area contributed by atoms with Crippen LogP contribution in [-0.4, -0.2) is 24.7 Å². The second-order valence-electron chi connectivity index (χ2n) is 4.60. The van der Waals surface area contributed by atoms with Gasteiger partial charge in [-0.25, -0.2) is 4.79 Å². The van der Waals surface area contributed by atoms with Gasteiger partial charge in [-0.1, -0.05) is 18.2 Å². The number of para-hydroxylation sites is 1. The molecule has 0 bridgehead atoms. The van der Waals surface area contributed by atoms with Crippen LogP contribution >= 0.6 is 0 Å². The van der Waals surface area contributed by atoms with E-state index in [4.69, 9.17) is 15.6 Å². The van der Waals surface area contributed by atoms with Gasteiger partial charge < -0.3 is 20.9 Å². The minimum absolute atomic E-state index is 0.115. The molecule has 0 unspecified atom stereocenters. The largest absolute Gasteiger partial charge is 0.497 e. The van der Waals surface area contributed by atoms with Crippen LogP contribution in [0.15, 0.2) is 42.5 Å². The zero-order chi connectivity index (χ0) is 15.2. The number of aromatic carboxylic acids is 1. The van der Waals surface area contributed by atoms with Crippen LogP contribution in [0.25, 0.3) is 0 Å². The number of nitrogen functional groups attached to an aromatic ring is 1. The number of nitrogens with one attached hydrogen (secondary N) is 1. The van der Waals surface area contributed by atoms with E-state index in [1.54, 1.807) is 19.2 Å². The molecule has 0 aliphatic carbocycles. The number of nitrogens with two attached hydrogens (primary N) is 1. The summed E-state index contributed by atoms with van der Waals surface area (Å²) in [6.45, 7) is 0.666. The van der Waals surface area contributed by atoms with Gasteiger partial charge in [0.1, 0.15) is 5.75 Å². The number of carbonyl (C=O) groups is 1. The summed E-state index contributed by atoms with van der Waals surface area (Å²) in [5, 5.41) is 12.2. The molecule has 0 aliphatic rings. The van der Waals surface area contributed by atoms with E-state index in [2.05, 4.69) is 5.32 Å². The van der Waals surface area contributed by atoms with Crippen molar-refractivity contribution in [3.05, 3.63) is 53.6 Å². The number of hydrogen-bond acceptors (Lipinski definition) is 4. The Hall–Kier alpha value is -2.69. The van der Waals surface area contributed by atoms with Crippen molar-refractivity contribution in [2.75, 3.05) is 24.7 Å². The fourth-order valence-electron chi connectivity index (χ4n) is 2.04. The first-order valence-electron chi connectivity index (χ1n) is 6.60. The van der Waals surface area contributed by atoms with Crippen LogP contribution in [0.4, 0.5) is 11.4 Å². The first-order chi connectivity index (χ1) is 10.1. The van der Waals surface area contributed by atoms with E-state index in [1.165, 1.54) is 6.07 Å². The van der Waals surface area contributed by atoms with Crippen molar-refractivity contribution in [3.8, 4) is 5.75 Å². The number of carboxylic acid groups (broad SMARTS) is 1. The lowest BCUT2D eigenvalue weighted by molar-refractivity contribution is 0.0698. The molecule has 110 valence electrons. The maximum absolute atomic E-state index is 11.0. The molecule has 0 saturated carbocycles. The predicted molar refractivity (Wildman–Crippen MR) is 83.0 cm³/mol. The lowest BCUT2D eigenvalue weighted by Gasteiger charge is -2.11. The van der Waals surface area contributed by atoms with E-state index in [9.17, 15) is 4.79 Å². The second-order valence-corrected chi connectivity index (χ2v) is 4.60. The van der Waals surface area contributed by atoms with Gasteiger partial charge in [0, 0.05) is 6.54 Å². The Morgan fingerprint density at radius 1 is 1.24 bits per heavy atom. The fourth-order valence-corrected chi connectivity index (χ4v) is 2.04. The SMILES string of the molecule is COc1ccc(CCNc2cccc(C(=O)O)c2N)cc1. The highest BCUT2D eigenvalue weighted by Crippen LogP contribution is 2.22. The standard InChI is InChI=1S/C16H18N2O3/c1-21-12-7-5-11(6-8-12)9-10-18-14-4-2-3-13(15(14)17)16(19)20/h2-8,18H,9-10,17H2,1H3,(H,19,20). The Morgan fingerprint density at radius 2 is 1.95 bits per heavy atom. The van der Waals surface area contributed by atoms with Crippen LogP contribution in [0.2, 0.25) is 0 Å². The van der Waals surface area contributed by atoms with E-state index in [1.807, 2.05) is 24.3 Å². The second kappa shape index (κ2) is 6.65. The summed E-state index contributed by atoms with van der Waals surface area (Å²) in [5.74, 6) is -0.198. The van der Waals surface area contributed by atoms with Crippen LogP contribution < -0.4 is 15.8 Å². The zero-order valence-electron chi connectivity index (χ0n) is 11.8. The normalized spacial score (nSPS) is 10.1. The molecule has 5 nitrogen and oxygen atoms in total. The van der Waals surface area contributed by atoms with E-state index < -0.39 is 5.97 Å². The molecule has 5 heteroatoms. The average Bonchev–Trinajstić information content (AvgIpc) is 2.49. The summed E-state index contributed by atoms with van der Waals surface area (Å²) in [6, 6.07) is 12.8. The number of methoxy groups -OCH3 is 1. The summed E-state index contributed by atoms with van der Waals surface area (Å²) in [4.78, 5) is 11.0. The summed E-state index contributed by atoms with van der Waals surface area (Å²) < 4.78 is 5.11. The lowest BCUT2D eigenvalue weighted by Crippen LogP contribution is -2.10. The average molecular weight is 286 g/mol. The van der Waals surface area contributed by atoms with Crippen LogP contribution in [-0.2, 0) is 6.42 Å². The predicted octanol–water partition coefficient (Wildman–Crippen LogP) is 2.63. The Bertz CT molecular complexity index is 624. The van der Waals surface area contributed by atoms with Crippen molar-refractivity contribution >= 4 is 17.3 Å². The van der Waals surface area contributed by atoms with E-state index in [0.29, 0.717) is 12.2 Å². The van der Waals surface area contributed by atoms with Gasteiger partial charge in [0.15, 0.2) is 0 Å². The molecule has 0 heterocycles. The quantitative estimate of drug-likeness (QED) is 0.711. The summed E-state index contributed by atoms with van der Waals surface area (Å²) >= 11 is 0. The molecule has 2 rings (SSSR count). The lowest BCUT2D eigenvalue weighted by atomic mass is 10.1. The molecule has 0 amide bonds. The van der Waals surface area contributed by atoms with Crippen molar-refractivity contribution in [2.24, 2.45) is 0 Å². The van der Waals surface area contributed by atoms with Gasteiger partial charge in [0.25, 0.3) is 0 Å². The maximum atomic E-state index is 11.0. The molecular formula is C16H18N2O3. The maximum Gasteiger partial charge on any atom is 0.337 e. The molecule has 0 aliphatic heterocycles. The topological polar surface area (TPSA) is 84.6 Å². The molecule has 4 N–H and O–H groups in total. The number of rotatable bonds is 6. The van der Waals surface area contributed by atoms with Gasteiger partial charge in [0.2, 0.25) is 0 Å². The molecule has 2 aromatic carbocycles. The number of ether oxygens (including phenoxy) is 1. The number of carboxylic acids is 1. The van der Waals surface area contributed by atoms with Crippen molar-refractivity contribution in [1.29, 1.82) is 0 Å². The molecule has 0 fully saturated rings. The van der Waals surface area contributed by atoms with Crippen molar-refractivity contribution in [1.82, 2.24) is 0 Å². The molecular weight excluding hydrogens is 268 g/mol. The number of anilines is 2. The van der Waals surface area contributed by atoms with Gasteiger partial charge in [-0.15, -0.1) is 0 Å². The van der Waals surface area contributed by atoms with Crippen LogP contribution in [0.3, 0.4) is 0 Å². The third-order valence-electron chi connectivity index (χ3n) is 3.22. The number of hydrogen-bond donors (Lipinski definition) is 3. The van der Waals surface area contributed by atoms with Crippen LogP contribution in [0.5, 0.6) is 5.75 Å². The Kier molecular flexibility index (Phi) is 4.66. The van der Waals surface area contributed by atoms with Crippen molar-refractivity contribution in [2.45, 2.75) is 6.42 Å². The third-order valence-corrected chi connectivity index (χ3v) is 3.22. The summed E-state index contributed by atoms with van der Waals surface area (Å²) in [5.41, 5.74) is 8.03. The van der Waals surface area contributed by atoms with Crippen LogP contribution in [0, 0.1) is 0 Å². The highest BCUT2D eigenvalue weighted by atomic mass is 16.5. The van der Waals surface area contributed by atoms with E-state index >= 15 is 0 Å². The summed E-state index contributed by atoms with van der Waals surface area (Å²) in [6.07, 6.45) is 0.806. The minimum Gasteiger partial charge on any atom is -0.497 e. The van der Waals surface area contributed by atoms with Crippen molar-refractivity contribution in [3.63, 3.8) is 0 Å². The first-order valence-corrected chi connectivity index (χ1v) is 6.60. The van der Waals surface area contributed by atoms with E-state index in [-0.39, 0.29) is 11.3 Å². The first kappa shape index (κ1) is 14.7. The monoisotopic (exact) mass is 286 g/mol. The summed E-state index contributed by atoms with van der Waals surface area (Å²) in [7, 11) is 1.63. The van der Waals surface area contributed by atoms with Gasteiger partial charge in [-0.05, 0) is 36.2 Å². The minimum atomic E-state index is -1.02. The molecule has 0 atom stereocenters.